The molecule has 0 bridgehead atoms. The zero-order chi connectivity index (χ0) is 21.0. The first kappa shape index (κ1) is 18.6. The van der Waals surface area contributed by atoms with Crippen LogP contribution in [0.15, 0.2) is 65.3 Å². The Morgan fingerprint density at radius 3 is 2.63 bits per heavy atom. The zero-order valence-electron chi connectivity index (χ0n) is 16.9. The number of Topliss-reactive ketones (excluding diaryl/α,β-unsaturated/α-hetero) is 1. The van der Waals surface area contributed by atoms with Crippen molar-refractivity contribution in [2.45, 2.75) is 32.7 Å². The molecule has 5 heteroatoms. The van der Waals surface area contributed by atoms with Gasteiger partial charge in [-0.1, -0.05) is 50.2 Å². The van der Waals surface area contributed by atoms with Gasteiger partial charge in [0.05, 0.1) is 6.04 Å². The first-order chi connectivity index (χ1) is 14.4. The van der Waals surface area contributed by atoms with Gasteiger partial charge in [0.25, 0.3) is 0 Å². The Kier molecular flexibility index (Phi) is 4.03. The van der Waals surface area contributed by atoms with Gasteiger partial charge in [-0.2, -0.15) is 0 Å². The molecule has 1 aliphatic carbocycles. The largest absolute Gasteiger partial charge is 0.506 e. The maximum Gasteiger partial charge on any atom is 0.162 e. The van der Waals surface area contributed by atoms with Crippen LogP contribution in [0.25, 0.3) is 16.3 Å². The van der Waals surface area contributed by atoms with Crippen molar-refractivity contribution in [2.24, 2.45) is 10.6 Å². The SMILES string of the molecule is CC1(C)CC(=O)C2=C(C1)c1c(ccc3ccccc13)NC2c1ccc(N=O)c(O)c1. The summed E-state index contributed by atoms with van der Waals surface area (Å²) >= 11 is 0. The summed E-state index contributed by atoms with van der Waals surface area (Å²) in [7, 11) is 0. The molecule has 5 rings (SSSR count). The third-order valence-corrected chi connectivity index (χ3v) is 6.17. The third kappa shape index (κ3) is 2.81. The fraction of sp³-hybridized carbons (Fsp3) is 0.240. The lowest BCUT2D eigenvalue weighted by Gasteiger charge is -2.40. The number of rotatable bonds is 2. The lowest BCUT2D eigenvalue weighted by atomic mass is 9.68. The lowest BCUT2D eigenvalue weighted by molar-refractivity contribution is -0.118. The van der Waals surface area contributed by atoms with E-state index >= 15 is 0 Å². The van der Waals surface area contributed by atoms with Crippen LogP contribution in [0.3, 0.4) is 0 Å². The van der Waals surface area contributed by atoms with E-state index in [9.17, 15) is 14.8 Å². The summed E-state index contributed by atoms with van der Waals surface area (Å²) in [6.07, 6.45) is 1.28. The van der Waals surface area contributed by atoms with Crippen molar-refractivity contribution in [2.75, 3.05) is 5.32 Å². The maximum atomic E-state index is 13.4. The Bertz CT molecular complexity index is 1260. The molecule has 0 radical (unpaired) electrons. The molecule has 30 heavy (non-hydrogen) atoms. The molecule has 1 aliphatic heterocycles. The predicted octanol–water partition coefficient (Wildman–Crippen LogP) is 6.25. The molecule has 0 saturated heterocycles. The summed E-state index contributed by atoms with van der Waals surface area (Å²) in [6, 6.07) is 16.7. The minimum atomic E-state index is -0.385. The number of fused-ring (bicyclic) bond motifs is 4. The molecule has 1 atom stereocenters. The van der Waals surface area contributed by atoms with Crippen molar-refractivity contribution in [3.63, 3.8) is 0 Å². The molecule has 2 N–H and O–H groups in total. The van der Waals surface area contributed by atoms with Crippen molar-refractivity contribution < 1.29 is 9.90 Å². The summed E-state index contributed by atoms with van der Waals surface area (Å²) < 4.78 is 0. The first-order valence-corrected chi connectivity index (χ1v) is 10.1. The first-order valence-electron chi connectivity index (χ1n) is 10.1. The second-order valence-electron chi connectivity index (χ2n) is 8.96. The van der Waals surface area contributed by atoms with Gasteiger partial charge in [0.1, 0.15) is 11.4 Å². The summed E-state index contributed by atoms with van der Waals surface area (Å²) in [5, 5.41) is 18.8. The Balaban J connectivity index is 1.78. The van der Waals surface area contributed by atoms with Gasteiger partial charge in [0.15, 0.2) is 5.78 Å². The van der Waals surface area contributed by atoms with Crippen LogP contribution >= 0.6 is 0 Å². The average Bonchev–Trinajstić information content (AvgIpc) is 2.71. The van der Waals surface area contributed by atoms with Gasteiger partial charge in [0.2, 0.25) is 0 Å². The molecule has 0 fully saturated rings. The summed E-state index contributed by atoms with van der Waals surface area (Å²) in [6.45, 7) is 4.26. The van der Waals surface area contributed by atoms with Gasteiger partial charge in [-0.05, 0) is 57.1 Å². The van der Waals surface area contributed by atoms with Crippen molar-refractivity contribution in [1.29, 1.82) is 0 Å². The third-order valence-electron chi connectivity index (χ3n) is 6.17. The number of nitrogens with zero attached hydrogens (tertiary/aromatic N) is 1. The lowest BCUT2D eigenvalue weighted by Crippen LogP contribution is -2.33. The molecule has 0 aromatic heterocycles. The Morgan fingerprint density at radius 1 is 1.07 bits per heavy atom. The highest BCUT2D eigenvalue weighted by atomic mass is 16.3. The fourth-order valence-electron chi connectivity index (χ4n) is 4.88. The number of carbonyl (C=O) groups excluding carboxylic acids is 1. The highest BCUT2D eigenvalue weighted by Crippen LogP contribution is 2.52. The van der Waals surface area contributed by atoms with Crippen molar-refractivity contribution in [3.8, 4) is 5.75 Å². The van der Waals surface area contributed by atoms with E-state index in [-0.39, 0.29) is 28.7 Å². The fourth-order valence-corrected chi connectivity index (χ4v) is 4.88. The normalized spacial score (nSPS) is 19.8. The molecule has 1 unspecified atom stereocenters. The quantitative estimate of drug-likeness (QED) is 0.500. The average molecular weight is 398 g/mol. The molecule has 150 valence electrons. The molecule has 0 amide bonds. The summed E-state index contributed by atoms with van der Waals surface area (Å²) in [5.41, 5.74) is 4.49. The van der Waals surface area contributed by atoms with E-state index < -0.39 is 0 Å². The highest BCUT2D eigenvalue weighted by molar-refractivity contribution is 6.12. The number of anilines is 1. The molecule has 1 heterocycles. The number of nitrogens with one attached hydrogen (secondary N) is 1. The second kappa shape index (κ2) is 6.52. The van der Waals surface area contributed by atoms with Crippen molar-refractivity contribution in [3.05, 3.63) is 76.2 Å². The van der Waals surface area contributed by atoms with Gasteiger partial charge in [0, 0.05) is 23.2 Å². The number of aromatic hydroxyl groups is 1. The van der Waals surface area contributed by atoms with Crippen LogP contribution in [0.5, 0.6) is 5.75 Å². The number of allylic oxidation sites excluding steroid dienone is 1. The number of phenolic OH excluding ortho intramolecular Hbond substituents is 1. The van der Waals surface area contributed by atoms with Crippen LogP contribution in [0.4, 0.5) is 11.4 Å². The molecule has 2 aliphatic rings. The van der Waals surface area contributed by atoms with Gasteiger partial charge >= 0.3 is 0 Å². The molecular formula is C25H22N2O3. The van der Waals surface area contributed by atoms with E-state index in [4.69, 9.17) is 0 Å². The van der Waals surface area contributed by atoms with Crippen molar-refractivity contribution >= 4 is 33.5 Å². The minimum Gasteiger partial charge on any atom is -0.506 e. The number of hydrogen-bond donors (Lipinski definition) is 2. The highest BCUT2D eigenvalue weighted by Gasteiger charge is 2.40. The van der Waals surface area contributed by atoms with Crippen LogP contribution in [0.1, 0.15) is 43.9 Å². The van der Waals surface area contributed by atoms with Crippen LogP contribution in [-0.2, 0) is 4.79 Å². The van der Waals surface area contributed by atoms with E-state index in [1.807, 2.05) is 12.1 Å². The minimum absolute atomic E-state index is 0.00809. The van der Waals surface area contributed by atoms with Crippen LogP contribution in [-0.4, -0.2) is 10.9 Å². The van der Waals surface area contributed by atoms with Gasteiger partial charge in [-0.15, -0.1) is 4.91 Å². The van der Waals surface area contributed by atoms with Crippen molar-refractivity contribution in [1.82, 2.24) is 0 Å². The smallest absolute Gasteiger partial charge is 0.162 e. The monoisotopic (exact) mass is 398 g/mol. The summed E-state index contributed by atoms with van der Waals surface area (Å²) in [5.74, 6) is -0.0613. The molecule has 5 nitrogen and oxygen atoms in total. The van der Waals surface area contributed by atoms with Crippen LogP contribution in [0, 0.1) is 10.3 Å². The molecular weight excluding hydrogens is 376 g/mol. The predicted molar refractivity (Wildman–Crippen MR) is 119 cm³/mol. The number of hydrogen-bond acceptors (Lipinski definition) is 5. The topological polar surface area (TPSA) is 78.8 Å². The van der Waals surface area contributed by atoms with E-state index in [0.29, 0.717) is 6.42 Å². The van der Waals surface area contributed by atoms with E-state index in [2.05, 4.69) is 48.6 Å². The number of nitroso groups, excluding NO2 is 1. The second-order valence-corrected chi connectivity index (χ2v) is 8.96. The molecule has 0 spiro atoms. The molecule has 3 aromatic rings. The van der Waals surface area contributed by atoms with E-state index in [0.717, 1.165) is 45.2 Å². The van der Waals surface area contributed by atoms with Crippen LogP contribution in [0.2, 0.25) is 0 Å². The zero-order valence-corrected chi connectivity index (χ0v) is 16.9. The van der Waals surface area contributed by atoms with E-state index in [1.54, 1.807) is 6.07 Å². The molecule has 0 saturated carbocycles. The number of ketones is 1. The number of benzene rings is 3. The number of phenols is 1. The standard InChI is InChI=1S/C25H22N2O3/c1-25(2)12-17-22-16-6-4-3-5-14(16)7-10-19(22)26-24(23(17)21(29)13-25)15-8-9-18(27-30)20(28)11-15/h3-11,24,26,28H,12-13H2,1-2H3. The van der Waals surface area contributed by atoms with Crippen LogP contribution < -0.4 is 5.32 Å². The summed E-state index contributed by atoms with van der Waals surface area (Å²) in [4.78, 5) is 24.2. The Hall–Kier alpha value is -3.47. The van der Waals surface area contributed by atoms with E-state index in [1.165, 1.54) is 12.1 Å². The Morgan fingerprint density at radius 2 is 1.87 bits per heavy atom. The molecule has 3 aromatic carbocycles. The van der Waals surface area contributed by atoms with Gasteiger partial charge < -0.3 is 10.4 Å². The number of carbonyl (C=O) groups is 1. The van der Waals surface area contributed by atoms with Gasteiger partial charge in [-0.25, -0.2) is 0 Å². The van der Waals surface area contributed by atoms with Gasteiger partial charge in [-0.3, -0.25) is 4.79 Å². The Labute approximate surface area is 174 Å². The maximum absolute atomic E-state index is 13.4.